The minimum absolute atomic E-state index is 0.200. The van der Waals surface area contributed by atoms with Crippen LogP contribution in [0.25, 0.3) is 0 Å². The van der Waals surface area contributed by atoms with Gasteiger partial charge < -0.3 is 10.8 Å². The van der Waals surface area contributed by atoms with Crippen LogP contribution in [0.4, 0.5) is 0 Å². The maximum atomic E-state index is 9.08. The van der Waals surface area contributed by atoms with Crippen LogP contribution in [0.5, 0.6) is 0 Å². The minimum atomic E-state index is 0.200. The average molecular weight is 250 g/mol. The summed E-state index contributed by atoms with van der Waals surface area (Å²) >= 11 is 5.06. The Morgan fingerprint density at radius 3 is 2.71 bits per heavy atom. The quantitative estimate of drug-likeness (QED) is 0.747. The van der Waals surface area contributed by atoms with Gasteiger partial charge in [0, 0.05) is 24.7 Å². The van der Waals surface area contributed by atoms with Crippen LogP contribution in [-0.2, 0) is 6.54 Å². The topological polar surface area (TPSA) is 49.5 Å². The van der Waals surface area contributed by atoms with E-state index < -0.39 is 0 Å². The maximum Gasteiger partial charge on any atom is 0.104 e. The van der Waals surface area contributed by atoms with Gasteiger partial charge in [-0.25, -0.2) is 0 Å². The number of nitrogens with two attached hydrogens (primary N) is 1. The summed E-state index contributed by atoms with van der Waals surface area (Å²) in [4.78, 5) is 2.75. The number of aliphatic hydroxyl groups excluding tert-OH is 1. The molecule has 1 fully saturated rings. The Morgan fingerprint density at radius 2 is 2.12 bits per heavy atom. The summed E-state index contributed by atoms with van der Waals surface area (Å²) in [6, 6.07) is 8.59. The molecule has 0 aromatic heterocycles. The minimum Gasteiger partial charge on any atom is -0.395 e. The summed E-state index contributed by atoms with van der Waals surface area (Å²) in [6.07, 6.45) is 2.46. The predicted molar refractivity (Wildman–Crippen MR) is 72.8 cm³/mol. The summed E-state index contributed by atoms with van der Waals surface area (Å²) in [5.41, 5.74) is 7.82. The summed E-state index contributed by atoms with van der Waals surface area (Å²) < 4.78 is 0. The van der Waals surface area contributed by atoms with E-state index in [4.69, 9.17) is 23.1 Å². The lowest BCUT2D eigenvalue weighted by Gasteiger charge is -2.22. The molecule has 1 aromatic rings. The summed E-state index contributed by atoms with van der Waals surface area (Å²) in [5.74, 6) is 0. The molecule has 1 aliphatic rings. The van der Waals surface area contributed by atoms with Crippen molar-refractivity contribution in [2.75, 3.05) is 13.2 Å². The van der Waals surface area contributed by atoms with Gasteiger partial charge in [-0.3, -0.25) is 4.90 Å². The molecule has 0 saturated heterocycles. The number of rotatable bonds is 6. The number of thiocarbonyl (C=S) groups is 1. The lowest BCUT2D eigenvalue weighted by atomic mass is 10.1. The Balaban J connectivity index is 2.13. The first-order chi connectivity index (χ1) is 8.22. The molecule has 1 aliphatic carbocycles. The fourth-order valence-electron chi connectivity index (χ4n) is 2.08. The first kappa shape index (κ1) is 12.5. The zero-order valence-corrected chi connectivity index (χ0v) is 10.6. The zero-order valence-electron chi connectivity index (χ0n) is 9.80. The van der Waals surface area contributed by atoms with Crippen LogP contribution in [0, 0.1) is 0 Å². The van der Waals surface area contributed by atoms with Crippen molar-refractivity contribution in [2.24, 2.45) is 5.73 Å². The predicted octanol–water partition coefficient (Wildman–Crippen LogP) is 1.28. The molecule has 1 aromatic carbocycles. The summed E-state index contributed by atoms with van der Waals surface area (Å²) in [6.45, 7) is 1.74. The van der Waals surface area contributed by atoms with Crippen molar-refractivity contribution >= 4 is 17.2 Å². The van der Waals surface area contributed by atoms with Gasteiger partial charge >= 0.3 is 0 Å². The van der Waals surface area contributed by atoms with Gasteiger partial charge in [-0.05, 0) is 18.4 Å². The second-order valence-corrected chi connectivity index (χ2v) is 4.89. The maximum absolute atomic E-state index is 9.08. The normalized spacial score (nSPS) is 15.2. The Kier molecular flexibility index (Phi) is 4.10. The monoisotopic (exact) mass is 250 g/mol. The van der Waals surface area contributed by atoms with Gasteiger partial charge in [-0.2, -0.15) is 0 Å². The van der Waals surface area contributed by atoms with Gasteiger partial charge in [0.05, 0.1) is 6.61 Å². The summed E-state index contributed by atoms with van der Waals surface area (Å²) in [5, 5.41) is 9.08. The molecule has 0 unspecified atom stereocenters. The van der Waals surface area contributed by atoms with Gasteiger partial charge in [0.2, 0.25) is 0 Å². The zero-order chi connectivity index (χ0) is 12.3. The summed E-state index contributed by atoms with van der Waals surface area (Å²) in [7, 11) is 0. The molecule has 0 atom stereocenters. The smallest absolute Gasteiger partial charge is 0.104 e. The number of hydrogen-bond donors (Lipinski definition) is 2. The SMILES string of the molecule is NC(=S)c1ccccc1CN(CCO)C1CC1. The molecule has 3 nitrogen and oxygen atoms in total. The fourth-order valence-corrected chi connectivity index (χ4v) is 2.28. The number of hydrogen-bond acceptors (Lipinski definition) is 3. The molecule has 0 spiro atoms. The van der Waals surface area contributed by atoms with Crippen molar-refractivity contribution in [2.45, 2.75) is 25.4 Å². The molecule has 0 bridgehead atoms. The van der Waals surface area contributed by atoms with Gasteiger partial charge in [0.1, 0.15) is 4.99 Å². The lowest BCUT2D eigenvalue weighted by Crippen LogP contribution is -2.29. The van der Waals surface area contributed by atoms with E-state index >= 15 is 0 Å². The third-order valence-corrected chi connectivity index (χ3v) is 3.33. The van der Waals surface area contributed by atoms with E-state index in [2.05, 4.69) is 11.0 Å². The lowest BCUT2D eigenvalue weighted by molar-refractivity contribution is 0.183. The van der Waals surface area contributed by atoms with Gasteiger partial charge in [0.15, 0.2) is 0 Å². The van der Waals surface area contributed by atoms with Crippen molar-refractivity contribution in [3.8, 4) is 0 Å². The highest BCUT2D eigenvalue weighted by Gasteiger charge is 2.28. The van der Waals surface area contributed by atoms with E-state index in [0.29, 0.717) is 11.0 Å². The molecule has 4 heteroatoms. The van der Waals surface area contributed by atoms with Crippen LogP contribution in [0.2, 0.25) is 0 Å². The third kappa shape index (κ3) is 3.25. The Morgan fingerprint density at radius 1 is 1.41 bits per heavy atom. The van der Waals surface area contributed by atoms with Crippen LogP contribution in [0.15, 0.2) is 24.3 Å². The van der Waals surface area contributed by atoms with Crippen molar-refractivity contribution in [1.29, 1.82) is 0 Å². The van der Waals surface area contributed by atoms with Gasteiger partial charge in [-0.15, -0.1) is 0 Å². The molecule has 0 heterocycles. The van der Waals surface area contributed by atoms with Gasteiger partial charge in [0.25, 0.3) is 0 Å². The fraction of sp³-hybridized carbons (Fsp3) is 0.462. The van der Waals surface area contributed by atoms with E-state index in [0.717, 1.165) is 24.2 Å². The first-order valence-corrected chi connectivity index (χ1v) is 6.36. The first-order valence-electron chi connectivity index (χ1n) is 5.95. The molecular weight excluding hydrogens is 232 g/mol. The average Bonchev–Trinajstić information content (AvgIpc) is 3.13. The van der Waals surface area contributed by atoms with E-state index in [-0.39, 0.29) is 6.61 Å². The molecule has 92 valence electrons. The van der Waals surface area contributed by atoms with Crippen molar-refractivity contribution in [1.82, 2.24) is 4.90 Å². The molecule has 0 radical (unpaired) electrons. The molecule has 0 amide bonds. The Bertz CT molecular complexity index is 404. The van der Waals surface area contributed by atoms with Gasteiger partial charge in [-0.1, -0.05) is 36.5 Å². The Hall–Kier alpha value is -0.970. The molecule has 1 saturated carbocycles. The van der Waals surface area contributed by atoms with Crippen molar-refractivity contribution < 1.29 is 5.11 Å². The van der Waals surface area contributed by atoms with Crippen LogP contribution in [-0.4, -0.2) is 34.2 Å². The van der Waals surface area contributed by atoms with E-state index in [1.54, 1.807) is 0 Å². The molecule has 3 N–H and O–H groups in total. The van der Waals surface area contributed by atoms with Crippen molar-refractivity contribution in [3.63, 3.8) is 0 Å². The number of nitrogens with zero attached hydrogens (tertiary/aromatic N) is 1. The standard InChI is InChI=1S/C13H18N2OS/c14-13(17)12-4-2-1-3-10(12)9-15(7-8-16)11-5-6-11/h1-4,11,16H,5-9H2,(H2,14,17). The molecule has 17 heavy (non-hydrogen) atoms. The molecule has 2 rings (SSSR count). The Labute approximate surface area is 107 Å². The molecule has 0 aliphatic heterocycles. The van der Waals surface area contributed by atoms with Crippen LogP contribution in [0.3, 0.4) is 0 Å². The highest BCUT2D eigenvalue weighted by Crippen LogP contribution is 2.28. The van der Waals surface area contributed by atoms with Crippen LogP contribution >= 0.6 is 12.2 Å². The highest BCUT2D eigenvalue weighted by atomic mass is 32.1. The third-order valence-electron chi connectivity index (χ3n) is 3.11. The highest BCUT2D eigenvalue weighted by molar-refractivity contribution is 7.80. The van der Waals surface area contributed by atoms with Crippen molar-refractivity contribution in [3.05, 3.63) is 35.4 Å². The second-order valence-electron chi connectivity index (χ2n) is 4.45. The van der Waals surface area contributed by atoms with Crippen LogP contribution < -0.4 is 5.73 Å². The number of benzene rings is 1. The van der Waals surface area contributed by atoms with Crippen LogP contribution in [0.1, 0.15) is 24.0 Å². The van der Waals surface area contributed by atoms with E-state index in [1.807, 2.05) is 18.2 Å². The van der Waals surface area contributed by atoms with E-state index in [1.165, 1.54) is 12.8 Å². The second kappa shape index (κ2) is 5.58. The van der Waals surface area contributed by atoms with E-state index in [9.17, 15) is 0 Å². The molecular formula is C13H18N2OS. The number of aliphatic hydroxyl groups is 1. The largest absolute Gasteiger partial charge is 0.395 e.